The van der Waals surface area contributed by atoms with E-state index in [1.807, 2.05) is 42.6 Å². The van der Waals surface area contributed by atoms with Gasteiger partial charge in [0.2, 0.25) is 5.91 Å². The molecule has 0 radical (unpaired) electrons. The fraction of sp³-hybridized carbons (Fsp3) is 0.350. The average Bonchev–Trinajstić information content (AvgIpc) is 3.24. The van der Waals surface area contributed by atoms with Gasteiger partial charge in [0.05, 0.1) is 11.8 Å². The number of H-pyrrole nitrogens is 1. The molecule has 2 saturated heterocycles. The SMILES string of the molecule is O=C(Cc1ccccc1)N1C2CCC1CN(c1ncnc3[nH]ccc13)C2. The van der Waals surface area contributed by atoms with E-state index in [4.69, 9.17) is 0 Å². The third-order valence-corrected chi connectivity index (χ3v) is 5.60. The first kappa shape index (κ1) is 15.4. The summed E-state index contributed by atoms with van der Waals surface area (Å²) >= 11 is 0. The fourth-order valence-electron chi connectivity index (χ4n) is 4.46. The Morgan fingerprint density at radius 2 is 1.85 bits per heavy atom. The monoisotopic (exact) mass is 347 g/mol. The van der Waals surface area contributed by atoms with Crippen molar-refractivity contribution in [3.63, 3.8) is 0 Å². The maximum atomic E-state index is 12.9. The molecule has 2 fully saturated rings. The van der Waals surface area contributed by atoms with Gasteiger partial charge >= 0.3 is 0 Å². The van der Waals surface area contributed by atoms with Gasteiger partial charge in [-0.15, -0.1) is 0 Å². The van der Waals surface area contributed by atoms with Crippen LogP contribution in [0.15, 0.2) is 48.9 Å². The number of piperazine rings is 1. The highest BCUT2D eigenvalue weighted by Crippen LogP contribution is 2.34. The van der Waals surface area contributed by atoms with E-state index in [-0.39, 0.29) is 18.0 Å². The van der Waals surface area contributed by atoms with Crippen LogP contribution in [0.3, 0.4) is 0 Å². The Labute approximate surface area is 151 Å². The number of anilines is 1. The Morgan fingerprint density at radius 3 is 2.62 bits per heavy atom. The molecule has 26 heavy (non-hydrogen) atoms. The Morgan fingerprint density at radius 1 is 1.08 bits per heavy atom. The Bertz CT molecular complexity index is 924. The second-order valence-electron chi connectivity index (χ2n) is 7.19. The minimum absolute atomic E-state index is 0.248. The standard InChI is InChI=1S/C20H21N5O/c26-18(10-14-4-2-1-3-5-14)25-15-6-7-16(25)12-24(11-15)20-17-8-9-21-19(17)22-13-23-20/h1-5,8-9,13,15-16H,6-7,10-12H2,(H,21,22,23). The van der Waals surface area contributed by atoms with E-state index in [0.717, 1.165) is 48.3 Å². The van der Waals surface area contributed by atoms with E-state index in [2.05, 4.69) is 24.8 Å². The molecule has 0 saturated carbocycles. The van der Waals surface area contributed by atoms with Gasteiger partial charge in [0.25, 0.3) is 0 Å². The van der Waals surface area contributed by atoms with Gasteiger partial charge in [-0.05, 0) is 24.5 Å². The van der Waals surface area contributed by atoms with Crippen LogP contribution in [0, 0.1) is 0 Å². The summed E-state index contributed by atoms with van der Waals surface area (Å²) in [5.41, 5.74) is 1.95. The number of amides is 1. The molecule has 4 heterocycles. The number of carbonyl (C=O) groups is 1. The molecule has 0 spiro atoms. The second-order valence-corrected chi connectivity index (χ2v) is 7.19. The Kier molecular flexibility index (Phi) is 3.62. The van der Waals surface area contributed by atoms with Crippen molar-refractivity contribution in [2.24, 2.45) is 0 Å². The molecule has 3 aromatic rings. The summed E-state index contributed by atoms with van der Waals surface area (Å²) < 4.78 is 0. The number of rotatable bonds is 3. The van der Waals surface area contributed by atoms with Gasteiger partial charge in [0, 0.05) is 31.4 Å². The van der Waals surface area contributed by atoms with Crippen LogP contribution in [0.25, 0.3) is 11.0 Å². The highest BCUT2D eigenvalue weighted by molar-refractivity contribution is 5.87. The number of benzene rings is 1. The van der Waals surface area contributed by atoms with E-state index < -0.39 is 0 Å². The molecule has 6 nitrogen and oxygen atoms in total. The van der Waals surface area contributed by atoms with Crippen LogP contribution in [0.1, 0.15) is 18.4 Å². The molecule has 2 unspecified atom stereocenters. The number of carbonyl (C=O) groups excluding carboxylic acids is 1. The number of aromatic amines is 1. The third-order valence-electron chi connectivity index (χ3n) is 5.60. The predicted molar refractivity (Wildman–Crippen MR) is 99.9 cm³/mol. The van der Waals surface area contributed by atoms with Crippen molar-refractivity contribution in [1.82, 2.24) is 19.9 Å². The van der Waals surface area contributed by atoms with Crippen LogP contribution in [-0.2, 0) is 11.2 Å². The normalized spacial score (nSPS) is 22.2. The molecule has 6 heteroatoms. The second kappa shape index (κ2) is 6.12. The first-order valence-corrected chi connectivity index (χ1v) is 9.18. The zero-order chi connectivity index (χ0) is 17.5. The zero-order valence-electron chi connectivity index (χ0n) is 14.5. The van der Waals surface area contributed by atoms with Gasteiger partial charge in [0.1, 0.15) is 17.8 Å². The van der Waals surface area contributed by atoms with Crippen LogP contribution >= 0.6 is 0 Å². The van der Waals surface area contributed by atoms with Crippen molar-refractivity contribution in [2.75, 3.05) is 18.0 Å². The molecule has 2 aromatic heterocycles. The lowest BCUT2D eigenvalue weighted by molar-refractivity contribution is -0.133. The third kappa shape index (κ3) is 2.53. The van der Waals surface area contributed by atoms with Gasteiger partial charge < -0.3 is 14.8 Å². The van der Waals surface area contributed by atoms with Gasteiger partial charge in [-0.2, -0.15) is 0 Å². The van der Waals surface area contributed by atoms with Crippen LogP contribution in [-0.4, -0.2) is 50.9 Å². The zero-order valence-corrected chi connectivity index (χ0v) is 14.5. The summed E-state index contributed by atoms with van der Waals surface area (Å²) in [6.07, 6.45) is 6.15. The first-order valence-electron chi connectivity index (χ1n) is 9.18. The van der Waals surface area contributed by atoms with E-state index in [1.54, 1.807) is 6.33 Å². The van der Waals surface area contributed by atoms with E-state index in [0.29, 0.717) is 6.42 Å². The van der Waals surface area contributed by atoms with Crippen molar-refractivity contribution >= 4 is 22.8 Å². The van der Waals surface area contributed by atoms with Crippen molar-refractivity contribution in [3.8, 4) is 0 Å². The lowest BCUT2D eigenvalue weighted by Gasteiger charge is -2.41. The first-order chi connectivity index (χ1) is 12.8. The van der Waals surface area contributed by atoms with Gasteiger partial charge in [-0.1, -0.05) is 30.3 Å². The molecular formula is C20H21N5O. The fourth-order valence-corrected chi connectivity index (χ4v) is 4.46. The van der Waals surface area contributed by atoms with Crippen LogP contribution in [0.2, 0.25) is 0 Å². The van der Waals surface area contributed by atoms with E-state index in [1.165, 1.54) is 0 Å². The van der Waals surface area contributed by atoms with Gasteiger partial charge in [-0.3, -0.25) is 4.79 Å². The molecule has 2 bridgehead atoms. The van der Waals surface area contributed by atoms with E-state index in [9.17, 15) is 4.79 Å². The highest BCUT2D eigenvalue weighted by atomic mass is 16.2. The summed E-state index contributed by atoms with van der Waals surface area (Å²) in [4.78, 5) is 29.3. The number of fused-ring (bicyclic) bond motifs is 3. The molecule has 5 rings (SSSR count). The molecule has 2 aliphatic rings. The number of hydrogen-bond donors (Lipinski definition) is 1. The van der Waals surface area contributed by atoms with E-state index >= 15 is 0 Å². The quantitative estimate of drug-likeness (QED) is 0.790. The lowest BCUT2D eigenvalue weighted by atomic mass is 10.1. The largest absolute Gasteiger partial charge is 0.352 e. The lowest BCUT2D eigenvalue weighted by Crippen LogP contribution is -2.56. The summed E-state index contributed by atoms with van der Waals surface area (Å²) in [7, 11) is 0. The number of hydrogen-bond acceptors (Lipinski definition) is 4. The Balaban J connectivity index is 1.36. The summed E-state index contributed by atoms with van der Waals surface area (Å²) in [5.74, 6) is 1.22. The van der Waals surface area contributed by atoms with Gasteiger partial charge in [-0.25, -0.2) is 9.97 Å². The molecule has 2 atom stereocenters. The minimum Gasteiger partial charge on any atom is -0.352 e. The average molecular weight is 347 g/mol. The molecule has 0 aliphatic carbocycles. The molecule has 1 amide bonds. The Hall–Kier alpha value is -2.89. The molecule has 132 valence electrons. The molecular weight excluding hydrogens is 326 g/mol. The molecule has 2 aliphatic heterocycles. The van der Waals surface area contributed by atoms with Crippen LogP contribution in [0.5, 0.6) is 0 Å². The van der Waals surface area contributed by atoms with Crippen molar-refractivity contribution in [3.05, 3.63) is 54.5 Å². The predicted octanol–water partition coefficient (Wildman–Crippen LogP) is 2.38. The van der Waals surface area contributed by atoms with Crippen LogP contribution < -0.4 is 4.90 Å². The smallest absolute Gasteiger partial charge is 0.227 e. The number of nitrogens with one attached hydrogen (secondary N) is 1. The molecule has 1 aromatic carbocycles. The summed E-state index contributed by atoms with van der Waals surface area (Å²) in [6.45, 7) is 1.68. The number of nitrogens with zero attached hydrogens (tertiary/aromatic N) is 4. The summed E-state index contributed by atoms with van der Waals surface area (Å²) in [5, 5.41) is 1.05. The maximum Gasteiger partial charge on any atom is 0.227 e. The van der Waals surface area contributed by atoms with Crippen LogP contribution in [0.4, 0.5) is 5.82 Å². The topological polar surface area (TPSA) is 65.1 Å². The maximum absolute atomic E-state index is 12.9. The molecule has 1 N–H and O–H groups in total. The number of aromatic nitrogens is 3. The minimum atomic E-state index is 0.248. The van der Waals surface area contributed by atoms with Crippen molar-refractivity contribution in [2.45, 2.75) is 31.3 Å². The van der Waals surface area contributed by atoms with Gasteiger partial charge in [0.15, 0.2) is 0 Å². The highest BCUT2D eigenvalue weighted by Gasteiger charge is 2.42. The summed E-state index contributed by atoms with van der Waals surface area (Å²) in [6, 6.07) is 12.6. The van der Waals surface area contributed by atoms with Crippen molar-refractivity contribution in [1.29, 1.82) is 0 Å². The van der Waals surface area contributed by atoms with Crippen molar-refractivity contribution < 1.29 is 4.79 Å².